The van der Waals surface area contributed by atoms with Crippen molar-refractivity contribution < 1.29 is 4.79 Å². The molecule has 0 radical (unpaired) electrons. The normalized spacial score (nSPS) is 10.9. The highest BCUT2D eigenvalue weighted by atomic mass is 16.1. The summed E-state index contributed by atoms with van der Waals surface area (Å²) in [6.07, 6.45) is 10.8. The molecular weight excluding hydrogens is 208 g/mol. The Morgan fingerprint density at radius 2 is 1.76 bits per heavy atom. The zero-order valence-electron chi connectivity index (χ0n) is 10.7. The van der Waals surface area contributed by atoms with Crippen molar-refractivity contribution >= 4 is 5.78 Å². The number of ketones is 1. The Bertz CT molecular complexity index is 338. The van der Waals surface area contributed by atoms with Crippen molar-refractivity contribution in [3.8, 4) is 0 Å². The molecule has 1 aromatic carbocycles. The third-order valence-corrected chi connectivity index (χ3v) is 2.77. The van der Waals surface area contributed by atoms with Gasteiger partial charge in [-0.05, 0) is 19.3 Å². The van der Waals surface area contributed by atoms with Crippen molar-refractivity contribution in [1.82, 2.24) is 0 Å². The molecule has 0 aliphatic heterocycles. The quantitative estimate of drug-likeness (QED) is 0.356. The van der Waals surface area contributed by atoms with E-state index >= 15 is 0 Å². The van der Waals surface area contributed by atoms with E-state index in [9.17, 15) is 4.79 Å². The Hall–Kier alpha value is -1.37. The van der Waals surface area contributed by atoms with Crippen LogP contribution in [0.25, 0.3) is 0 Å². The molecule has 1 rings (SSSR count). The number of hydrogen-bond donors (Lipinski definition) is 0. The van der Waals surface area contributed by atoms with Crippen molar-refractivity contribution in [3.05, 3.63) is 48.0 Å². The maximum atomic E-state index is 11.7. The largest absolute Gasteiger partial charge is 0.294 e. The van der Waals surface area contributed by atoms with Crippen LogP contribution >= 0.6 is 0 Å². The molecule has 1 nitrogen and oxygen atoms in total. The van der Waals surface area contributed by atoms with Gasteiger partial charge in [-0.3, -0.25) is 4.79 Å². The first kappa shape index (κ1) is 13.7. The second-order valence-corrected chi connectivity index (χ2v) is 4.30. The van der Waals surface area contributed by atoms with Crippen molar-refractivity contribution in [2.24, 2.45) is 0 Å². The Kier molecular flexibility index (Phi) is 7.04. The summed E-state index contributed by atoms with van der Waals surface area (Å²) in [7, 11) is 0. The lowest BCUT2D eigenvalue weighted by Crippen LogP contribution is -1.97. The zero-order valence-corrected chi connectivity index (χ0v) is 10.7. The van der Waals surface area contributed by atoms with E-state index in [0.717, 1.165) is 18.4 Å². The molecule has 0 aliphatic carbocycles. The Balaban J connectivity index is 2.16. The van der Waals surface area contributed by atoms with Gasteiger partial charge in [0.15, 0.2) is 5.78 Å². The summed E-state index contributed by atoms with van der Waals surface area (Å²) in [6.45, 7) is 2.21. The van der Waals surface area contributed by atoms with Crippen LogP contribution in [0.1, 0.15) is 55.8 Å². The minimum absolute atomic E-state index is 0.240. The Labute approximate surface area is 105 Å². The summed E-state index contributed by atoms with van der Waals surface area (Å²) >= 11 is 0. The smallest absolute Gasteiger partial charge is 0.163 e. The number of benzene rings is 1. The van der Waals surface area contributed by atoms with E-state index in [0.29, 0.717) is 6.42 Å². The number of carbonyl (C=O) groups is 1. The fourth-order valence-corrected chi connectivity index (χ4v) is 1.73. The van der Waals surface area contributed by atoms with E-state index in [2.05, 4.69) is 19.1 Å². The van der Waals surface area contributed by atoms with Gasteiger partial charge in [-0.1, -0.05) is 62.2 Å². The van der Waals surface area contributed by atoms with Gasteiger partial charge in [-0.2, -0.15) is 0 Å². The molecular formula is C16H22O. The van der Waals surface area contributed by atoms with Gasteiger partial charge in [0.05, 0.1) is 0 Å². The molecule has 0 unspecified atom stereocenters. The topological polar surface area (TPSA) is 17.1 Å². The summed E-state index contributed by atoms with van der Waals surface area (Å²) < 4.78 is 0. The molecule has 92 valence electrons. The molecule has 0 atom stereocenters. The van der Waals surface area contributed by atoms with Crippen LogP contribution in [0, 0.1) is 0 Å². The molecule has 1 heteroatoms. The average molecular weight is 230 g/mol. The molecule has 0 N–H and O–H groups in total. The lowest BCUT2D eigenvalue weighted by molar-refractivity contribution is 0.0983. The van der Waals surface area contributed by atoms with Crippen LogP contribution < -0.4 is 0 Å². The minimum atomic E-state index is 0.240. The molecule has 0 bridgehead atoms. The van der Waals surface area contributed by atoms with Crippen LogP contribution in [0.15, 0.2) is 42.5 Å². The van der Waals surface area contributed by atoms with Crippen LogP contribution in [0.3, 0.4) is 0 Å². The second-order valence-electron chi connectivity index (χ2n) is 4.30. The third-order valence-electron chi connectivity index (χ3n) is 2.77. The molecule has 17 heavy (non-hydrogen) atoms. The predicted molar refractivity (Wildman–Crippen MR) is 73.3 cm³/mol. The minimum Gasteiger partial charge on any atom is -0.294 e. The van der Waals surface area contributed by atoms with Crippen molar-refractivity contribution in [2.75, 3.05) is 0 Å². The van der Waals surface area contributed by atoms with Gasteiger partial charge >= 0.3 is 0 Å². The lowest BCUT2D eigenvalue weighted by atomic mass is 10.1. The van der Waals surface area contributed by atoms with Crippen LogP contribution in [0.2, 0.25) is 0 Å². The van der Waals surface area contributed by atoms with Crippen molar-refractivity contribution in [1.29, 1.82) is 0 Å². The summed E-state index contributed by atoms with van der Waals surface area (Å²) in [5.41, 5.74) is 0.826. The van der Waals surface area contributed by atoms with Crippen LogP contribution in [-0.4, -0.2) is 5.78 Å². The van der Waals surface area contributed by atoms with Gasteiger partial charge in [-0.25, -0.2) is 0 Å². The first-order valence-corrected chi connectivity index (χ1v) is 6.58. The van der Waals surface area contributed by atoms with Crippen LogP contribution in [0.5, 0.6) is 0 Å². The zero-order chi connectivity index (χ0) is 12.3. The summed E-state index contributed by atoms with van der Waals surface area (Å²) in [5.74, 6) is 0.240. The summed E-state index contributed by atoms with van der Waals surface area (Å²) in [6, 6.07) is 9.52. The predicted octanol–water partition coefficient (Wildman–Crippen LogP) is 4.79. The Morgan fingerprint density at radius 1 is 1.06 bits per heavy atom. The van der Waals surface area contributed by atoms with E-state index in [1.54, 1.807) is 0 Å². The number of carbonyl (C=O) groups excluding carboxylic acids is 1. The van der Waals surface area contributed by atoms with Crippen LogP contribution in [-0.2, 0) is 0 Å². The van der Waals surface area contributed by atoms with Gasteiger partial charge in [0.2, 0.25) is 0 Å². The molecule has 0 saturated carbocycles. The van der Waals surface area contributed by atoms with E-state index in [4.69, 9.17) is 0 Å². The third kappa shape index (κ3) is 6.06. The molecule has 0 fully saturated rings. The van der Waals surface area contributed by atoms with E-state index in [-0.39, 0.29) is 5.78 Å². The van der Waals surface area contributed by atoms with Crippen molar-refractivity contribution in [3.63, 3.8) is 0 Å². The SMILES string of the molecule is CCCCC/C=C/CCC(=O)c1ccccc1. The van der Waals surface area contributed by atoms with E-state index in [1.807, 2.05) is 30.3 Å². The number of hydrogen-bond acceptors (Lipinski definition) is 1. The highest BCUT2D eigenvalue weighted by Crippen LogP contribution is 2.06. The van der Waals surface area contributed by atoms with Gasteiger partial charge in [0.1, 0.15) is 0 Å². The monoisotopic (exact) mass is 230 g/mol. The molecule has 0 saturated heterocycles. The number of Topliss-reactive ketones (excluding diaryl/α,β-unsaturated/α-hetero) is 1. The van der Waals surface area contributed by atoms with Crippen molar-refractivity contribution in [2.45, 2.75) is 45.4 Å². The van der Waals surface area contributed by atoms with Gasteiger partial charge < -0.3 is 0 Å². The molecule has 0 aromatic heterocycles. The fourth-order valence-electron chi connectivity index (χ4n) is 1.73. The molecule has 0 spiro atoms. The van der Waals surface area contributed by atoms with E-state index in [1.165, 1.54) is 19.3 Å². The lowest BCUT2D eigenvalue weighted by Gasteiger charge is -1.97. The van der Waals surface area contributed by atoms with Gasteiger partial charge in [0.25, 0.3) is 0 Å². The number of allylic oxidation sites excluding steroid dienone is 2. The standard InChI is InChI=1S/C16H22O/c1-2-3-4-5-6-7-11-14-16(17)15-12-9-8-10-13-15/h6-10,12-13H,2-5,11,14H2,1H3/b7-6+. The highest BCUT2D eigenvalue weighted by Gasteiger charge is 2.02. The van der Waals surface area contributed by atoms with Gasteiger partial charge in [0, 0.05) is 12.0 Å². The highest BCUT2D eigenvalue weighted by molar-refractivity contribution is 5.96. The van der Waals surface area contributed by atoms with E-state index < -0.39 is 0 Å². The summed E-state index contributed by atoms with van der Waals surface area (Å²) in [4.78, 5) is 11.7. The number of rotatable bonds is 8. The van der Waals surface area contributed by atoms with Gasteiger partial charge in [-0.15, -0.1) is 0 Å². The maximum absolute atomic E-state index is 11.7. The Morgan fingerprint density at radius 3 is 2.47 bits per heavy atom. The fraction of sp³-hybridized carbons (Fsp3) is 0.438. The first-order chi connectivity index (χ1) is 8.34. The molecule has 0 heterocycles. The molecule has 0 amide bonds. The first-order valence-electron chi connectivity index (χ1n) is 6.58. The number of unbranched alkanes of at least 4 members (excludes halogenated alkanes) is 3. The second kappa shape index (κ2) is 8.74. The average Bonchev–Trinajstić information content (AvgIpc) is 2.38. The molecule has 0 aliphatic rings. The maximum Gasteiger partial charge on any atom is 0.163 e. The van der Waals surface area contributed by atoms with Crippen LogP contribution in [0.4, 0.5) is 0 Å². The summed E-state index contributed by atoms with van der Waals surface area (Å²) in [5, 5.41) is 0. The molecule has 1 aromatic rings.